The van der Waals surface area contributed by atoms with E-state index in [4.69, 9.17) is 4.74 Å². The zero-order valence-electron chi connectivity index (χ0n) is 20.2. The average molecular weight is 495 g/mol. The fraction of sp³-hybridized carbons (Fsp3) is 0.556. The Bertz CT molecular complexity index is 974. The molecule has 2 fully saturated rings. The smallest absolute Gasteiger partial charge is 0.416 e. The predicted octanol–water partition coefficient (Wildman–Crippen LogP) is 5.44. The molecule has 4 nitrogen and oxygen atoms in total. The summed E-state index contributed by atoms with van der Waals surface area (Å²) in [6.07, 6.45) is -0.0531. The van der Waals surface area contributed by atoms with Crippen LogP contribution in [0.25, 0.3) is 0 Å². The highest BCUT2D eigenvalue weighted by atomic mass is 19.4. The number of aliphatic hydroxyl groups is 1. The molecule has 0 amide bonds. The van der Waals surface area contributed by atoms with Crippen LogP contribution in [0.4, 0.5) is 17.6 Å². The third kappa shape index (κ3) is 6.35. The third-order valence-corrected chi connectivity index (χ3v) is 7.53. The quantitative estimate of drug-likeness (QED) is 0.520. The summed E-state index contributed by atoms with van der Waals surface area (Å²) in [5.41, 5.74) is -0.728. The number of ether oxygens (including phenoxy) is 1. The van der Waals surface area contributed by atoms with Crippen LogP contribution in [0.15, 0.2) is 42.5 Å². The molecule has 192 valence electrons. The van der Waals surface area contributed by atoms with Gasteiger partial charge in [0, 0.05) is 26.2 Å². The lowest BCUT2D eigenvalue weighted by Gasteiger charge is -2.42. The molecule has 2 atom stereocenters. The fourth-order valence-electron chi connectivity index (χ4n) is 5.24. The number of hydrogen-bond donors (Lipinski definition) is 1. The Balaban J connectivity index is 1.39. The van der Waals surface area contributed by atoms with Crippen molar-refractivity contribution in [3.63, 3.8) is 0 Å². The van der Waals surface area contributed by atoms with Crippen LogP contribution in [0.2, 0.25) is 0 Å². The molecule has 8 heteroatoms. The molecule has 35 heavy (non-hydrogen) atoms. The van der Waals surface area contributed by atoms with Crippen molar-refractivity contribution in [3.8, 4) is 5.75 Å². The molecule has 4 rings (SSSR count). The van der Waals surface area contributed by atoms with Crippen LogP contribution in [0.1, 0.15) is 48.8 Å². The zero-order chi connectivity index (χ0) is 25.1. The van der Waals surface area contributed by atoms with E-state index in [2.05, 4.69) is 16.8 Å². The van der Waals surface area contributed by atoms with Gasteiger partial charge in [0.25, 0.3) is 0 Å². The zero-order valence-corrected chi connectivity index (χ0v) is 20.2. The number of nitrogens with zero attached hydrogens (tertiary/aromatic N) is 2. The molecule has 1 aliphatic carbocycles. The van der Waals surface area contributed by atoms with Gasteiger partial charge in [0.2, 0.25) is 0 Å². The fourth-order valence-corrected chi connectivity index (χ4v) is 5.24. The number of halogens is 4. The van der Waals surface area contributed by atoms with Gasteiger partial charge in [-0.3, -0.25) is 0 Å². The van der Waals surface area contributed by atoms with Crippen LogP contribution in [0.3, 0.4) is 0 Å². The average Bonchev–Trinajstić information content (AvgIpc) is 2.83. The first kappa shape index (κ1) is 25.9. The number of likely N-dealkylation sites (N-methyl/N-ethyl adjacent to an activating group) is 1. The summed E-state index contributed by atoms with van der Waals surface area (Å²) < 4.78 is 58.7. The first-order chi connectivity index (χ1) is 16.6. The largest absolute Gasteiger partial charge is 0.486 e. The van der Waals surface area contributed by atoms with Gasteiger partial charge in [-0.25, -0.2) is 4.39 Å². The van der Waals surface area contributed by atoms with E-state index in [0.717, 1.165) is 70.5 Å². The lowest BCUT2D eigenvalue weighted by Crippen LogP contribution is -2.46. The maximum Gasteiger partial charge on any atom is 0.416 e. The Morgan fingerprint density at radius 3 is 2.40 bits per heavy atom. The monoisotopic (exact) mass is 494 g/mol. The number of alkyl halides is 3. The van der Waals surface area contributed by atoms with Gasteiger partial charge in [0.1, 0.15) is 6.61 Å². The van der Waals surface area contributed by atoms with Gasteiger partial charge in [-0.1, -0.05) is 31.0 Å². The Hall–Kier alpha value is -2.16. The Kier molecular flexibility index (Phi) is 8.03. The highest BCUT2D eigenvalue weighted by Crippen LogP contribution is 2.44. The minimum atomic E-state index is -4.40. The van der Waals surface area contributed by atoms with Crippen molar-refractivity contribution >= 4 is 0 Å². The van der Waals surface area contributed by atoms with Crippen molar-refractivity contribution in [3.05, 3.63) is 65.0 Å². The normalized spacial score (nSPS) is 24.5. The molecule has 1 saturated heterocycles. The lowest BCUT2D eigenvalue weighted by atomic mass is 9.70. The first-order valence-electron chi connectivity index (χ1n) is 12.4. The summed E-state index contributed by atoms with van der Waals surface area (Å²) >= 11 is 0. The lowest BCUT2D eigenvalue weighted by molar-refractivity contribution is -0.137. The maximum absolute atomic E-state index is 14.9. The summed E-state index contributed by atoms with van der Waals surface area (Å²) in [5.74, 6) is -0.498. The molecule has 0 bridgehead atoms. The van der Waals surface area contributed by atoms with Crippen molar-refractivity contribution < 1.29 is 27.4 Å². The Labute approximate surface area is 204 Å². The number of hydrogen-bond acceptors (Lipinski definition) is 4. The van der Waals surface area contributed by atoms with Crippen molar-refractivity contribution in [2.24, 2.45) is 5.92 Å². The van der Waals surface area contributed by atoms with Crippen molar-refractivity contribution in [2.75, 3.05) is 39.8 Å². The van der Waals surface area contributed by atoms with Crippen LogP contribution in [-0.4, -0.2) is 54.7 Å². The molecular weight excluding hydrogens is 460 g/mol. The van der Waals surface area contributed by atoms with E-state index in [0.29, 0.717) is 17.5 Å². The Morgan fingerprint density at radius 1 is 1.03 bits per heavy atom. The third-order valence-electron chi connectivity index (χ3n) is 7.53. The molecule has 0 radical (unpaired) electrons. The Morgan fingerprint density at radius 2 is 1.74 bits per heavy atom. The summed E-state index contributed by atoms with van der Waals surface area (Å²) in [6.45, 7) is 5.04. The summed E-state index contributed by atoms with van der Waals surface area (Å²) in [5, 5.41) is 11.7. The second kappa shape index (κ2) is 10.8. The minimum absolute atomic E-state index is 0.0158. The van der Waals surface area contributed by atoms with Gasteiger partial charge in [0.15, 0.2) is 11.6 Å². The molecule has 1 aliphatic heterocycles. The summed E-state index contributed by atoms with van der Waals surface area (Å²) in [6, 6.07) is 9.21. The molecule has 1 saturated carbocycles. The maximum atomic E-state index is 14.9. The van der Waals surface area contributed by atoms with E-state index in [9.17, 15) is 22.7 Å². The van der Waals surface area contributed by atoms with Gasteiger partial charge in [-0.15, -0.1) is 0 Å². The van der Waals surface area contributed by atoms with Gasteiger partial charge >= 0.3 is 6.18 Å². The molecular formula is C27H34F4N2O2. The molecule has 2 aromatic carbocycles. The number of rotatable bonds is 7. The molecule has 2 unspecified atom stereocenters. The van der Waals surface area contributed by atoms with E-state index in [-0.39, 0.29) is 18.3 Å². The molecule has 2 aromatic rings. The van der Waals surface area contributed by atoms with E-state index >= 15 is 0 Å². The number of benzene rings is 2. The highest BCUT2D eigenvalue weighted by Gasteiger charge is 2.40. The summed E-state index contributed by atoms with van der Waals surface area (Å²) in [7, 11) is 2.13. The van der Waals surface area contributed by atoms with Crippen LogP contribution in [-0.2, 0) is 18.4 Å². The molecule has 2 aliphatic rings. The second-order valence-corrected chi connectivity index (χ2v) is 9.93. The van der Waals surface area contributed by atoms with Crippen LogP contribution in [0, 0.1) is 11.7 Å². The molecule has 0 aromatic heterocycles. The van der Waals surface area contributed by atoms with Crippen molar-refractivity contribution in [1.82, 2.24) is 9.80 Å². The van der Waals surface area contributed by atoms with Gasteiger partial charge < -0.3 is 19.6 Å². The van der Waals surface area contributed by atoms with Crippen LogP contribution >= 0.6 is 0 Å². The van der Waals surface area contributed by atoms with Crippen LogP contribution in [0.5, 0.6) is 5.75 Å². The molecule has 1 N–H and O–H groups in total. The standard InChI is InChI=1S/C27H34F4N2O2/c1-32-14-16-33(17-15-32)13-11-21-4-2-3-12-26(21,34)23-9-10-25(24(28)18-23)35-19-20-5-7-22(8-6-20)27(29,30)31/h5-10,18,21,34H,2-4,11-17,19H2,1H3. The van der Waals surface area contributed by atoms with Gasteiger partial charge in [-0.2, -0.15) is 13.2 Å². The summed E-state index contributed by atoms with van der Waals surface area (Å²) in [4.78, 5) is 4.76. The van der Waals surface area contributed by atoms with Gasteiger partial charge in [-0.05, 0) is 74.2 Å². The van der Waals surface area contributed by atoms with E-state index in [1.165, 1.54) is 24.3 Å². The van der Waals surface area contributed by atoms with Gasteiger partial charge in [0.05, 0.1) is 11.2 Å². The van der Waals surface area contributed by atoms with Crippen molar-refractivity contribution in [1.29, 1.82) is 0 Å². The van der Waals surface area contributed by atoms with Crippen LogP contribution < -0.4 is 4.74 Å². The topological polar surface area (TPSA) is 35.9 Å². The minimum Gasteiger partial charge on any atom is -0.486 e. The molecule has 0 spiro atoms. The number of piperazine rings is 1. The predicted molar refractivity (Wildman–Crippen MR) is 127 cm³/mol. The molecule has 1 heterocycles. The van der Waals surface area contributed by atoms with Crippen molar-refractivity contribution in [2.45, 2.75) is 50.5 Å². The van der Waals surface area contributed by atoms with E-state index in [1.54, 1.807) is 6.07 Å². The van der Waals surface area contributed by atoms with E-state index in [1.807, 2.05) is 0 Å². The highest BCUT2D eigenvalue weighted by molar-refractivity contribution is 5.34. The first-order valence-corrected chi connectivity index (χ1v) is 12.4. The second-order valence-electron chi connectivity index (χ2n) is 9.93. The SMILES string of the molecule is CN1CCN(CCC2CCCCC2(O)c2ccc(OCc3ccc(C(F)(F)F)cc3)c(F)c2)CC1. The van der Waals surface area contributed by atoms with E-state index < -0.39 is 23.2 Å².